The molecule has 5 heteroatoms. The second-order valence-corrected chi connectivity index (χ2v) is 3.74. The maximum Gasteiger partial charge on any atom is 0.337 e. The summed E-state index contributed by atoms with van der Waals surface area (Å²) in [6.07, 6.45) is -2.69. The van der Waals surface area contributed by atoms with E-state index in [0.29, 0.717) is 10.6 Å². The lowest BCUT2D eigenvalue weighted by molar-refractivity contribution is -0.156. The molecule has 0 aliphatic heterocycles. The molecular formula is C11H13ClO4. The number of aliphatic hydroxyl groups is 2. The lowest BCUT2D eigenvalue weighted by Crippen LogP contribution is -2.36. The number of esters is 1. The molecule has 0 aliphatic rings. The highest BCUT2D eigenvalue weighted by molar-refractivity contribution is 6.31. The second kappa shape index (κ2) is 5.84. The molecule has 0 fully saturated rings. The van der Waals surface area contributed by atoms with Gasteiger partial charge in [0.15, 0.2) is 6.10 Å². The Morgan fingerprint density at radius 1 is 1.44 bits per heavy atom. The van der Waals surface area contributed by atoms with Gasteiger partial charge in [-0.15, -0.1) is 0 Å². The molecule has 0 heterocycles. The molecule has 1 aromatic rings. The van der Waals surface area contributed by atoms with Gasteiger partial charge in [-0.3, -0.25) is 0 Å². The fourth-order valence-electron chi connectivity index (χ4n) is 1.28. The molecule has 0 radical (unpaired) electrons. The zero-order chi connectivity index (χ0) is 12.1. The minimum atomic E-state index is -1.55. The molecule has 2 N–H and O–H groups in total. The first-order valence-electron chi connectivity index (χ1n) is 4.73. The number of methoxy groups -OCH3 is 1. The maximum atomic E-state index is 11.0. The summed E-state index contributed by atoms with van der Waals surface area (Å²) in [5.41, 5.74) is 0.666. The molecule has 4 nitrogen and oxygen atoms in total. The van der Waals surface area contributed by atoms with Crippen molar-refractivity contribution in [3.05, 3.63) is 34.9 Å². The van der Waals surface area contributed by atoms with E-state index >= 15 is 0 Å². The van der Waals surface area contributed by atoms with Gasteiger partial charge in [-0.25, -0.2) is 4.79 Å². The summed E-state index contributed by atoms with van der Waals surface area (Å²) in [7, 11) is 1.15. The molecule has 0 bridgehead atoms. The van der Waals surface area contributed by atoms with Crippen molar-refractivity contribution in [3.8, 4) is 0 Å². The normalized spacial score (nSPS) is 14.2. The third kappa shape index (κ3) is 3.20. The number of aliphatic hydroxyl groups excluding tert-OH is 2. The third-order valence-electron chi connectivity index (χ3n) is 2.19. The van der Waals surface area contributed by atoms with E-state index in [2.05, 4.69) is 4.74 Å². The van der Waals surface area contributed by atoms with Crippen LogP contribution in [-0.4, -0.2) is 35.5 Å². The first-order chi connectivity index (χ1) is 7.56. The molecule has 2 atom stereocenters. The van der Waals surface area contributed by atoms with Crippen molar-refractivity contribution in [3.63, 3.8) is 0 Å². The van der Waals surface area contributed by atoms with Crippen LogP contribution in [0.25, 0.3) is 0 Å². The lowest BCUT2D eigenvalue weighted by Gasteiger charge is -2.16. The van der Waals surface area contributed by atoms with Gasteiger partial charge in [0.2, 0.25) is 0 Å². The summed E-state index contributed by atoms with van der Waals surface area (Å²) in [5.74, 6) is -0.862. The van der Waals surface area contributed by atoms with Crippen LogP contribution in [0.2, 0.25) is 5.02 Å². The van der Waals surface area contributed by atoms with Crippen LogP contribution < -0.4 is 0 Å². The molecule has 16 heavy (non-hydrogen) atoms. The molecule has 0 aliphatic carbocycles. The first-order valence-corrected chi connectivity index (χ1v) is 5.11. The SMILES string of the molecule is COC(=O)[C@@H](O)[C@H](O)Cc1ccccc1Cl. The minimum Gasteiger partial charge on any atom is -0.467 e. The van der Waals surface area contributed by atoms with Crippen LogP contribution in [0, 0.1) is 0 Å². The highest BCUT2D eigenvalue weighted by atomic mass is 35.5. The number of carbonyl (C=O) groups is 1. The Morgan fingerprint density at radius 2 is 2.06 bits per heavy atom. The van der Waals surface area contributed by atoms with Crippen LogP contribution in [0.3, 0.4) is 0 Å². The van der Waals surface area contributed by atoms with Crippen molar-refractivity contribution in [1.29, 1.82) is 0 Å². The largest absolute Gasteiger partial charge is 0.467 e. The van der Waals surface area contributed by atoms with Crippen LogP contribution in [-0.2, 0) is 16.0 Å². The molecule has 88 valence electrons. The van der Waals surface area contributed by atoms with E-state index in [1.165, 1.54) is 0 Å². The van der Waals surface area contributed by atoms with Gasteiger partial charge in [-0.1, -0.05) is 29.8 Å². The number of hydrogen-bond acceptors (Lipinski definition) is 4. The average molecular weight is 245 g/mol. The summed E-state index contributed by atoms with van der Waals surface area (Å²) in [4.78, 5) is 11.0. The molecule has 0 amide bonds. The van der Waals surface area contributed by atoms with Crippen molar-refractivity contribution in [2.75, 3.05) is 7.11 Å². The van der Waals surface area contributed by atoms with Gasteiger partial charge in [-0.2, -0.15) is 0 Å². The number of benzene rings is 1. The van der Waals surface area contributed by atoms with E-state index in [0.717, 1.165) is 7.11 Å². The van der Waals surface area contributed by atoms with Crippen molar-refractivity contribution in [2.24, 2.45) is 0 Å². The number of rotatable bonds is 4. The molecule has 0 saturated carbocycles. The first kappa shape index (κ1) is 13.0. The van der Waals surface area contributed by atoms with E-state index in [1.807, 2.05) is 0 Å². The third-order valence-corrected chi connectivity index (χ3v) is 2.56. The molecule has 0 saturated heterocycles. The summed E-state index contributed by atoms with van der Waals surface area (Å²) in [6, 6.07) is 6.91. The summed E-state index contributed by atoms with van der Waals surface area (Å²) in [6.45, 7) is 0. The Morgan fingerprint density at radius 3 is 2.62 bits per heavy atom. The Kier molecular flexibility index (Phi) is 4.73. The van der Waals surface area contributed by atoms with Gasteiger partial charge < -0.3 is 14.9 Å². The molecule has 0 aromatic heterocycles. The van der Waals surface area contributed by atoms with Gasteiger partial charge in [0.1, 0.15) is 0 Å². The number of halogens is 1. The van der Waals surface area contributed by atoms with Crippen molar-refractivity contribution in [1.82, 2.24) is 0 Å². The predicted octanol–water partition coefficient (Wildman–Crippen LogP) is 0.777. The van der Waals surface area contributed by atoms with E-state index < -0.39 is 18.2 Å². The molecular weight excluding hydrogens is 232 g/mol. The van der Waals surface area contributed by atoms with Crippen molar-refractivity contribution < 1.29 is 19.7 Å². The summed E-state index contributed by atoms with van der Waals surface area (Å²) >= 11 is 5.88. The Labute approximate surface area is 98.4 Å². The number of ether oxygens (including phenoxy) is 1. The Bertz CT molecular complexity index is 367. The fourth-order valence-corrected chi connectivity index (χ4v) is 1.49. The number of carbonyl (C=O) groups excluding carboxylic acids is 1. The highest BCUT2D eigenvalue weighted by Gasteiger charge is 2.25. The standard InChI is InChI=1S/C11H13ClO4/c1-16-11(15)10(14)9(13)6-7-4-2-3-5-8(7)12/h2-5,9-10,13-14H,6H2,1H3/t9-,10+/m1/s1. The number of hydrogen-bond donors (Lipinski definition) is 2. The topological polar surface area (TPSA) is 66.8 Å². The fraction of sp³-hybridized carbons (Fsp3) is 0.364. The highest BCUT2D eigenvalue weighted by Crippen LogP contribution is 2.17. The zero-order valence-corrected chi connectivity index (χ0v) is 9.52. The summed E-state index contributed by atoms with van der Waals surface area (Å²) in [5, 5.41) is 19.4. The predicted molar refractivity (Wildman–Crippen MR) is 59.2 cm³/mol. The van der Waals surface area contributed by atoms with Crippen LogP contribution in [0.1, 0.15) is 5.56 Å². The van der Waals surface area contributed by atoms with E-state index in [4.69, 9.17) is 11.6 Å². The van der Waals surface area contributed by atoms with Crippen LogP contribution in [0.15, 0.2) is 24.3 Å². The van der Waals surface area contributed by atoms with E-state index in [1.54, 1.807) is 24.3 Å². The molecule has 0 spiro atoms. The smallest absolute Gasteiger partial charge is 0.337 e. The molecule has 1 rings (SSSR count). The van der Waals surface area contributed by atoms with Crippen LogP contribution in [0.4, 0.5) is 0 Å². The average Bonchev–Trinajstić information content (AvgIpc) is 2.30. The monoisotopic (exact) mass is 244 g/mol. The minimum absolute atomic E-state index is 0.0932. The van der Waals surface area contributed by atoms with Crippen molar-refractivity contribution >= 4 is 17.6 Å². The van der Waals surface area contributed by atoms with Gasteiger partial charge >= 0.3 is 5.97 Å². The van der Waals surface area contributed by atoms with Gasteiger partial charge in [0, 0.05) is 11.4 Å². The molecule has 1 aromatic carbocycles. The maximum absolute atomic E-state index is 11.0. The van der Waals surface area contributed by atoms with Crippen molar-refractivity contribution in [2.45, 2.75) is 18.6 Å². The van der Waals surface area contributed by atoms with Crippen LogP contribution in [0.5, 0.6) is 0 Å². The molecule has 0 unspecified atom stereocenters. The second-order valence-electron chi connectivity index (χ2n) is 3.33. The lowest BCUT2D eigenvalue weighted by atomic mass is 10.0. The Balaban J connectivity index is 2.68. The van der Waals surface area contributed by atoms with E-state index in [-0.39, 0.29) is 6.42 Å². The summed E-state index contributed by atoms with van der Waals surface area (Å²) < 4.78 is 4.32. The van der Waals surface area contributed by atoms with Gasteiger partial charge in [0.25, 0.3) is 0 Å². The Hall–Kier alpha value is -1.10. The van der Waals surface area contributed by atoms with Crippen LogP contribution >= 0.6 is 11.6 Å². The zero-order valence-electron chi connectivity index (χ0n) is 8.76. The van der Waals surface area contributed by atoms with E-state index in [9.17, 15) is 15.0 Å². The van der Waals surface area contributed by atoms with Gasteiger partial charge in [-0.05, 0) is 11.6 Å². The van der Waals surface area contributed by atoms with Gasteiger partial charge in [0.05, 0.1) is 13.2 Å². The quantitative estimate of drug-likeness (QED) is 0.768.